The molecule has 1 amide bonds. The van der Waals surface area contributed by atoms with E-state index in [2.05, 4.69) is 20.5 Å². The minimum atomic E-state index is -0.445. The summed E-state index contributed by atoms with van der Waals surface area (Å²) < 4.78 is 5.68. The van der Waals surface area contributed by atoms with Crippen molar-refractivity contribution in [3.8, 4) is 11.5 Å². The van der Waals surface area contributed by atoms with Gasteiger partial charge in [0.1, 0.15) is 0 Å². The Morgan fingerprint density at radius 2 is 2.04 bits per heavy atom. The summed E-state index contributed by atoms with van der Waals surface area (Å²) in [6.45, 7) is 5.83. The summed E-state index contributed by atoms with van der Waals surface area (Å²) in [5, 5.41) is 11.0. The van der Waals surface area contributed by atoms with Crippen molar-refractivity contribution in [1.29, 1.82) is 0 Å². The lowest BCUT2D eigenvalue weighted by Crippen LogP contribution is -2.22. The van der Waals surface area contributed by atoms with Crippen molar-refractivity contribution in [2.45, 2.75) is 31.2 Å². The van der Waals surface area contributed by atoms with Crippen molar-refractivity contribution in [1.82, 2.24) is 15.2 Å². The summed E-state index contributed by atoms with van der Waals surface area (Å²) in [4.78, 5) is 16.2. The summed E-state index contributed by atoms with van der Waals surface area (Å²) in [7, 11) is 0. The number of thioether (sulfide) groups is 1. The Labute approximate surface area is 160 Å². The van der Waals surface area contributed by atoms with Crippen LogP contribution in [0.5, 0.6) is 0 Å². The lowest BCUT2D eigenvalue weighted by Gasteiger charge is -2.10. The van der Waals surface area contributed by atoms with Crippen LogP contribution in [0.3, 0.4) is 0 Å². The highest BCUT2D eigenvalue weighted by Gasteiger charge is 2.20. The topological polar surface area (TPSA) is 80.9 Å². The fraction of sp³-hybridized carbons (Fsp3) is 0.222. The van der Waals surface area contributed by atoms with Crippen LogP contribution in [0.25, 0.3) is 11.5 Å². The van der Waals surface area contributed by atoms with Gasteiger partial charge in [-0.3, -0.25) is 4.79 Å². The Hall–Kier alpha value is -2.38. The van der Waals surface area contributed by atoms with Crippen LogP contribution in [-0.2, 0) is 4.79 Å². The largest absolute Gasteiger partial charge is 0.411 e. The van der Waals surface area contributed by atoms with E-state index < -0.39 is 5.25 Å². The number of aromatic nitrogens is 3. The fourth-order valence-electron chi connectivity index (χ4n) is 2.17. The number of nitrogens with one attached hydrogen (secondary N) is 1. The van der Waals surface area contributed by atoms with Crippen molar-refractivity contribution in [2.24, 2.45) is 0 Å². The quantitative estimate of drug-likeness (QED) is 0.511. The molecule has 134 valence electrons. The lowest BCUT2D eigenvalue weighted by atomic mass is 10.1. The third-order valence-electron chi connectivity index (χ3n) is 3.82. The van der Waals surface area contributed by atoms with Crippen molar-refractivity contribution >= 4 is 35.0 Å². The monoisotopic (exact) mass is 388 g/mol. The predicted molar refractivity (Wildman–Crippen MR) is 102 cm³/mol. The summed E-state index contributed by atoms with van der Waals surface area (Å²) in [6, 6.07) is 9.33. The zero-order valence-corrected chi connectivity index (χ0v) is 16.1. The van der Waals surface area contributed by atoms with E-state index in [0.29, 0.717) is 16.8 Å². The summed E-state index contributed by atoms with van der Waals surface area (Å²) in [5.74, 6) is 0.203. The van der Waals surface area contributed by atoms with Gasteiger partial charge < -0.3 is 9.73 Å². The van der Waals surface area contributed by atoms with Gasteiger partial charge in [0, 0.05) is 11.8 Å². The van der Waals surface area contributed by atoms with Crippen molar-refractivity contribution in [3.63, 3.8) is 0 Å². The molecule has 0 radical (unpaired) electrons. The van der Waals surface area contributed by atoms with E-state index in [0.717, 1.165) is 11.1 Å². The molecular formula is C18H17ClN4O2S. The SMILES string of the molecule is Cc1ccc(-c2nnc(S[C@H](C)C(=O)Nc3cccnc3Cl)o2)cc1C. The lowest BCUT2D eigenvalue weighted by molar-refractivity contribution is -0.115. The summed E-state index contributed by atoms with van der Waals surface area (Å²) in [5.41, 5.74) is 3.66. The van der Waals surface area contributed by atoms with Gasteiger partial charge in [0.15, 0.2) is 5.15 Å². The first-order valence-electron chi connectivity index (χ1n) is 7.93. The zero-order valence-electron chi connectivity index (χ0n) is 14.5. The molecule has 26 heavy (non-hydrogen) atoms. The number of benzene rings is 1. The third kappa shape index (κ3) is 4.23. The van der Waals surface area contributed by atoms with Crippen LogP contribution in [0.2, 0.25) is 5.15 Å². The standard InChI is InChI=1S/C18H17ClN4O2S/c1-10-6-7-13(9-11(10)2)17-22-23-18(25-17)26-12(3)16(24)21-14-5-4-8-20-15(14)19/h4-9,12H,1-3H3,(H,21,24)/t12-/m1/s1. The van der Waals surface area contributed by atoms with Gasteiger partial charge in [0.05, 0.1) is 10.9 Å². The van der Waals surface area contributed by atoms with Gasteiger partial charge in [-0.25, -0.2) is 4.98 Å². The molecule has 0 bridgehead atoms. The molecule has 0 aliphatic rings. The number of rotatable bonds is 5. The molecule has 0 fully saturated rings. The van der Waals surface area contributed by atoms with Gasteiger partial charge in [0.25, 0.3) is 5.22 Å². The molecule has 3 aromatic rings. The van der Waals surface area contributed by atoms with E-state index in [1.165, 1.54) is 17.3 Å². The minimum absolute atomic E-state index is 0.226. The second-order valence-electron chi connectivity index (χ2n) is 5.76. The van der Waals surface area contributed by atoms with E-state index >= 15 is 0 Å². The highest BCUT2D eigenvalue weighted by molar-refractivity contribution is 8.00. The molecule has 1 N–H and O–H groups in total. The third-order valence-corrected chi connectivity index (χ3v) is 5.06. The molecule has 3 rings (SSSR count). The van der Waals surface area contributed by atoms with Crippen LogP contribution in [0.15, 0.2) is 46.2 Å². The number of amides is 1. The first kappa shape index (κ1) is 18.4. The molecule has 1 atom stereocenters. The van der Waals surface area contributed by atoms with Crippen molar-refractivity contribution in [3.05, 3.63) is 52.8 Å². The molecule has 0 saturated carbocycles. The second-order valence-corrected chi connectivity index (χ2v) is 7.41. The molecule has 0 unspecified atom stereocenters. The number of aryl methyl sites for hydroxylation is 2. The molecule has 2 aromatic heterocycles. The van der Waals surface area contributed by atoms with E-state index in [4.69, 9.17) is 16.0 Å². The molecule has 0 aliphatic heterocycles. The number of anilines is 1. The van der Waals surface area contributed by atoms with Crippen LogP contribution >= 0.6 is 23.4 Å². The summed E-state index contributed by atoms with van der Waals surface area (Å²) in [6.07, 6.45) is 1.56. The number of pyridine rings is 1. The Morgan fingerprint density at radius 3 is 2.77 bits per heavy atom. The van der Waals surface area contributed by atoms with Crippen LogP contribution in [-0.4, -0.2) is 26.3 Å². The predicted octanol–water partition coefficient (Wildman–Crippen LogP) is 4.52. The molecule has 0 spiro atoms. The normalized spacial score (nSPS) is 12.0. The van der Waals surface area contributed by atoms with Crippen molar-refractivity contribution in [2.75, 3.05) is 5.32 Å². The Bertz CT molecular complexity index is 944. The maximum Gasteiger partial charge on any atom is 0.277 e. The van der Waals surface area contributed by atoms with Crippen LogP contribution in [0, 0.1) is 13.8 Å². The van der Waals surface area contributed by atoms with E-state index in [1.807, 2.05) is 32.0 Å². The molecule has 1 aromatic carbocycles. The summed E-state index contributed by atoms with van der Waals surface area (Å²) >= 11 is 7.14. The molecular weight excluding hydrogens is 372 g/mol. The Morgan fingerprint density at radius 1 is 1.23 bits per heavy atom. The van der Waals surface area contributed by atoms with Gasteiger partial charge in [-0.2, -0.15) is 0 Å². The van der Waals surface area contributed by atoms with E-state index in [9.17, 15) is 4.79 Å². The number of halogens is 1. The Kier molecular flexibility index (Phi) is 5.58. The molecule has 6 nitrogen and oxygen atoms in total. The maximum absolute atomic E-state index is 12.3. The number of hydrogen-bond donors (Lipinski definition) is 1. The second kappa shape index (κ2) is 7.88. The van der Waals surface area contributed by atoms with E-state index in [1.54, 1.807) is 25.3 Å². The number of nitrogens with zero attached hydrogens (tertiary/aromatic N) is 3. The maximum atomic E-state index is 12.3. The molecule has 2 heterocycles. The Balaban J connectivity index is 1.67. The molecule has 0 saturated heterocycles. The van der Waals surface area contributed by atoms with Gasteiger partial charge in [0.2, 0.25) is 11.8 Å². The van der Waals surface area contributed by atoms with Crippen LogP contribution in [0.4, 0.5) is 5.69 Å². The average molecular weight is 389 g/mol. The van der Waals surface area contributed by atoms with E-state index in [-0.39, 0.29) is 11.1 Å². The van der Waals surface area contributed by atoms with Crippen LogP contribution < -0.4 is 5.32 Å². The van der Waals surface area contributed by atoms with Gasteiger partial charge in [-0.1, -0.05) is 29.4 Å². The first-order chi connectivity index (χ1) is 12.4. The fourth-order valence-corrected chi connectivity index (χ4v) is 3.02. The van der Waals surface area contributed by atoms with Crippen LogP contribution in [0.1, 0.15) is 18.1 Å². The van der Waals surface area contributed by atoms with Gasteiger partial charge >= 0.3 is 0 Å². The average Bonchev–Trinajstić information content (AvgIpc) is 3.07. The molecule has 8 heteroatoms. The zero-order chi connectivity index (χ0) is 18.7. The van der Waals surface area contributed by atoms with Gasteiger partial charge in [-0.15, -0.1) is 10.2 Å². The number of hydrogen-bond acceptors (Lipinski definition) is 6. The number of carbonyl (C=O) groups excluding carboxylic acids is 1. The van der Waals surface area contributed by atoms with Crippen molar-refractivity contribution < 1.29 is 9.21 Å². The smallest absolute Gasteiger partial charge is 0.277 e. The highest BCUT2D eigenvalue weighted by atomic mass is 35.5. The minimum Gasteiger partial charge on any atom is -0.411 e. The molecule has 0 aliphatic carbocycles. The first-order valence-corrected chi connectivity index (χ1v) is 9.19. The number of carbonyl (C=O) groups is 1. The highest BCUT2D eigenvalue weighted by Crippen LogP contribution is 2.28. The van der Waals surface area contributed by atoms with Gasteiger partial charge in [-0.05, 0) is 56.2 Å².